The number of nitrogens with two attached hydrogens (primary N) is 1. The molecule has 0 atom stereocenters. The maximum Gasteiger partial charge on any atom is 0.433 e. The van der Waals surface area contributed by atoms with Crippen LogP contribution in [0.5, 0.6) is 0 Å². The molecule has 0 aliphatic rings. The van der Waals surface area contributed by atoms with E-state index in [1.807, 2.05) is 12.1 Å². The number of benzene rings is 1. The van der Waals surface area contributed by atoms with Gasteiger partial charge < -0.3 is 5.73 Å². The van der Waals surface area contributed by atoms with Gasteiger partial charge in [0.05, 0.1) is 6.54 Å². The van der Waals surface area contributed by atoms with Crippen LogP contribution in [0.4, 0.5) is 19.0 Å². The molecule has 5 rings (SSSR count). The molecule has 35 heavy (non-hydrogen) atoms. The average molecular weight is 497 g/mol. The van der Waals surface area contributed by atoms with Gasteiger partial charge in [0.25, 0.3) is 0 Å². The second-order valence-corrected chi connectivity index (χ2v) is 8.16. The van der Waals surface area contributed by atoms with Gasteiger partial charge in [0.1, 0.15) is 11.5 Å². The van der Waals surface area contributed by atoms with E-state index in [0.29, 0.717) is 16.2 Å². The molecule has 5 aromatic rings. The van der Waals surface area contributed by atoms with Gasteiger partial charge in [-0.3, -0.25) is 4.98 Å². The molecule has 0 saturated heterocycles. The molecule has 4 aromatic heterocycles. The first-order valence-corrected chi connectivity index (χ1v) is 10.7. The molecule has 0 unspecified atom stereocenters. The molecule has 4 heterocycles. The summed E-state index contributed by atoms with van der Waals surface area (Å²) in [5.41, 5.74) is 7.94. The van der Waals surface area contributed by atoms with Gasteiger partial charge >= 0.3 is 11.9 Å². The first-order valence-electron chi connectivity index (χ1n) is 10.3. The van der Waals surface area contributed by atoms with Crippen molar-refractivity contribution in [2.45, 2.75) is 12.7 Å². The zero-order valence-corrected chi connectivity index (χ0v) is 18.6. The topological polar surface area (TPSA) is 91.1 Å². The van der Waals surface area contributed by atoms with E-state index < -0.39 is 17.6 Å². The molecule has 0 radical (unpaired) electrons. The molecule has 0 bridgehead atoms. The molecule has 11 heteroatoms. The van der Waals surface area contributed by atoms with E-state index in [1.54, 1.807) is 48.9 Å². The van der Waals surface area contributed by atoms with Crippen LogP contribution in [0, 0.1) is 0 Å². The summed E-state index contributed by atoms with van der Waals surface area (Å²) in [4.78, 5) is 20.6. The Kier molecular flexibility index (Phi) is 5.52. The van der Waals surface area contributed by atoms with Crippen molar-refractivity contribution in [3.05, 3.63) is 100.0 Å². The van der Waals surface area contributed by atoms with Crippen molar-refractivity contribution in [3.63, 3.8) is 0 Å². The van der Waals surface area contributed by atoms with E-state index in [1.165, 1.54) is 10.5 Å². The first-order chi connectivity index (χ1) is 16.7. The Morgan fingerprint density at radius 3 is 2.31 bits per heavy atom. The highest BCUT2D eigenvalue weighted by Crippen LogP contribution is 2.35. The van der Waals surface area contributed by atoms with Crippen molar-refractivity contribution in [3.8, 4) is 22.3 Å². The van der Waals surface area contributed by atoms with Crippen LogP contribution in [0.1, 0.15) is 11.3 Å². The van der Waals surface area contributed by atoms with Gasteiger partial charge in [-0.15, -0.1) is 5.10 Å². The van der Waals surface area contributed by atoms with Crippen molar-refractivity contribution in [1.29, 1.82) is 0 Å². The number of halogens is 4. The van der Waals surface area contributed by atoms with Crippen molar-refractivity contribution < 1.29 is 13.2 Å². The second kappa shape index (κ2) is 8.55. The van der Waals surface area contributed by atoms with Crippen molar-refractivity contribution >= 4 is 23.1 Å². The third kappa shape index (κ3) is 4.24. The minimum atomic E-state index is -4.62. The van der Waals surface area contributed by atoms with Crippen LogP contribution in [0.2, 0.25) is 5.02 Å². The number of pyridine rings is 3. The van der Waals surface area contributed by atoms with Gasteiger partial charge in [-0.1, -0.05) is 29.8 Å². The molecule has 176 valence electrons. The molecule has 0 amide bonds. The lowest BCUT2D eigenvalue weighted by Gasteiger charge is -2.11. The summed E-state index contributed by atoms with van der Waals surface area (Å²) < 4.78 is 41.3. The van der Waals surface area contributed by atoms with Gasteiger partial charge in [-0.2, -0.15) is 13.2 Å². The van der Waals surface area contributed by atoms with Crippen LogP contribution in [-0.4, -0.2) is 24.1 Å². The Morgan fingerprint density at radius 1 is 0.943 bits per heavy atom. The fourth-order valence-electron chi connectivity index (χ4n) is 3.81. The van der Waals surface area contributed by atoms with Gasteiger partial charge in [0, 0.05) is 34.7 Å². The number of nitrogens with zero attached hydrogens (tertiary/aromatic N) is 5. The summed E-state index contributed by atoms with van der Waals surface area (Å²) in [6, 6.07) is 14.7. The molecular formula is C24H16ClF3N6O. The number of hydrogen-bond acceptors (Lipinski definition) is 5. The highest BCUT2D eigenvalue weighted by molar-refractivity contribution is 6.30. The minimum Gasteiger partial charge on any atom is -0.383 e. The third-order valence-corrected chi connectivity index (χ3v) is 5.75. The zero-order chi connectivity index (χ0) is 24.7. The number of anilines is 1. The van der Waals surface area contributed by atoms with E-state index in [4.69, 9.17) is 17.3 Å². The Morgan fingerprint density at radius 2 is 1.66 bits per heavy atom. The summed E-state index contributed by atoms with van der Waals surface area (Å²) in [5, 5.41) is 5.10. The summed E-state index contributed by atoms with van der Waals surface area (Å²) in [6.45, 7) is -0.149. The molecule has 0 saturated carbocycles. The van der Waals surface area contributed by atoms with Crippen LogP contribution in [0.25, 0.3) is 27.9 Å². The third-order valence-electron chi connectivity index (χ3n) is 5.50. The molecule has 0 aliphatic carbocycles. The SMILES string of the molecule is Nc1nc(C(F)(F)F)ccc1Cn1nc2c(-c3ccncc3)c(-c3ccc(Cl)cc3)ccn2c1=O. The zero-order valence-electron chi connectivity index (χ0n) is 17.9. The Balaban J connectivity index is 1.67. The van der Waals surface area contributed by atoms with Gasteiger partial charge in [-0.25, -0.2) is 18.9 Å². The first kappa shape index (κ1) is 22.6. The number of aromatic nitrogens is 5. The number of hydrogen-bond donors (Lipinski definition) is 1. The minimum absolute atomic E-state index is 0.149. The van der Waals surface area contributed by atoms with E-state index in [2.05, 4.69) is 15.1 Å². The quantitative estimate of drug-likeness (QED) is 0.381. The lowest BCUT2D eigenvalue weighted by Crippen LogP contribution is -2.22. The van der Waals surface area contributed by atoms with Gasteiger partial charge in [0.2, 0.25) is 0 Å². The maximum absolute atomic E-state index is 13.1. The lowest BCUT2D eigenvalue weighted by molar-refractivity contribution is -0.141. The summed E-state index contributed by atoms with van der Waals surface area (Å²) >= 11 is 6.05. The summed E-state index contributed by atoms with van der Waals surface area (Å²) in [7, 11) is 0. The van der Waals surface area contributed by atoms with Crippen LogP contribution in [0.3, 0.4) is 0 Å². The van der Waals surface area contributed by atoms with E-state index in [0.717, 1.165) is 27.4 Å². The van der Waals surface area contributed by atoms with Crippen LogP contribution >= 0.6 is 11.6 Å². The molecule has 0 aliphatic heterocycles. The Bertz CT molecular complexity index is 1590. The van der Waals surface area contributed by atoms with Gasteiger partial charge in [0.15, 0.2) is 5.65 Å². The van der Waals surface area contributed by atoms with Crippen LogP contribution in [0.15, 0.2) is 78.0 Å². The summed E-state index contributed by atoms with van der Waals surface area (Å²) in [6.07, 6.45) is 0.247. The lowest BCUT2D eigenvalue weighted by atomic mass is 9.96. The molecule has 1 aromatic carbocycles. The Labute approximate surface area is 201 Å². The predicted octanol–water partition coefficient (Wildman–Crippen LogP) is 4.92. The predicted molar refractivity (Wildman–Crippen MR) is 126 cm³/mol. The average Bonchev–Trinajstić information content (AvgIpc) is 3.15. The smallest absolute Gasteiger partial charge is 0.383 e. The molecule has 2 N–H and O–H groups in total. The van der Waals surface area contributed by atoms with E-state index >= 15 is 0 Å². The Hall–Kier alpha value is -4.18. The van der Waals surface area contributed by atoms with Crippen molar-refractivity contribution in [1.82, 2.24) is 24.1 Å². The molecular weight excluding hydrogens is 481 g/mol. The highest BCUT2D eigenvalue weighted by atomic mass is 35.5. The normalized spacial score (nSPS) is 11.8. The van der Waals surface area contributed by atoms with E-state index in [-0.39, 0.29) is 17.9 Å². The van der Waals surface area contributed by atoms with Crippen molar-refractivity contribution in [2.75, 3.05) is 5.73 Å². The standard InChI is InChI=1S/C24H16ClF3N6O/c25-17-4-1-14(2-5-17)18-9-12-33-22(20(18)15-7-10-30-11-8-15)32-34(23(33)35)13-16-3-6-19(24(26,27)28)31-21(16)29/h1-12H,13H2,(H2,29,31). The van der Waals surface area contributed by atoms with Crippen LogP contribution < -0.4 is 11.4 Å². The fourth-order valence-corrected chi connectivity index (χ4v) is 3.94. The van der Waals surface area contributed by atoms with E-state index in [9.17, 15) is 18.0 Å². The molecule has 0 fully saturated rings. The molecule has 7 nitrogen and oxygen atoms in total. The second-order valence-electron chi connectivity index (χ2n) is 7.72. The summed E-state index contributed by atoms with van der Waals surface area (Å²) in [5.74, 6) is -0.319. The maximum atomic E-state index is 13.1. The number of rotatable bonds is 4. The van der Waals surface area contributed by atoms with Crippen molar-refractivity contribution in [2.24, 2.45) is 0 Å². The number of fused-ring (bicyclic) bond motifs is 1. The number of alkyl halides is 3. The van der Waals surface area contributed by atoms with Gasteiger partial charge in [-0.05, 0) is 53.1 Å². The van der Waals surface area contributed by atoms with Crippen LogP contribution in [-0.2, 0) is 12.7 Å². The monoisotopic (exact) mass is 496 g/mol. The fraction of sp³-hybridized carbons (Fsp3) is 0.0833. The highest BCUT2D eigenvalue weighted by Gasteiger charge is 2.33. The molecule has 0 spiro atoms. The largest absolute Gasteiger partial charge is 0.433 e. The number of nitrogen functional groups attached to an aromatic ring is 1.